The zero-order chi connectivity index (χ0) is 20.2. The normalized spacial score (nSPS) is 15.8. The molecule has 7 heteroatoms. The summed E-state index contributed by atoms with van der Waals surface area (Å²) in [6.07, 6.45) is 4.97. The van der Waals surface area contributed by atoms with E-state index in [2.05, 4.69) is 26.2 Å². The van der Waals surface area contributed by atoms with Crippen molar-refractivity contribution in [1.29, 1.82) is 0 Å². The lowest BCUT2D eigenvalue weighted by Crippen LogP contribution is -3.11. The van der Waals surface area contributed by atoms with Gasteiger partial charge in [0.2, 0.25) is 5.88 Å². The molecule has 2 aromatic carbocycles. The number of likely N-dealkylation sites (tertiary alicyclic amines) is 1. The quantitative estimate of drug-likeness (QED) is 0.570. The molecule has 0 spiro atoms. The molecule has 29 heavy (non-hydrogen) atoms. The van der Waals surface area contributed by atoms with Gasteiger partial charge in [-0.3, -0.25) is 9.36 Å². The van der Waals surface area contributed by atoms with Crippen molar-refractivity contribution < 1.29 is 14.8 Å². The summed E-state index contributed by atoms with van der Waals surface area (Å²) in [6.45, 7) is 2.88. The molecule has 0 atom stereocenters. The van der Waals surface area contributed by atoms with E-state index in [0.29, 0.717) is 22.4 Å². The molecule has 150 valence electrons. The number of benzene rings is 2. The van der Waals surface area contributed by atoms with E-state index < -0.39 is 5.91 Å². The van der Waals surface area contributed by atoms with Crippen LogP contribution in [0.15, 0.2) is 63.2 Å². The number of halogens is 1. The Labute approximate surface area is 178 Å². The molecular formula is C22H24BrN4O2+. The van der Waals surface area contributed by atoms with E-state index >= 15 is 0 Å². The van der Waals surface area contributed by atoms with Gasteiger partial charge in [-0.1, -0.05) is 30.3 Å². The van der Waals surface area contributed by atoms with Crippen LogP contribution in [-0.4, -0.2) is 28.7 Å². The van der Waals surface area contributed by atoms with Crippen LogP contribution in [-0.2, 0) is 6.67 Å². The summed E-state index contributed by atoms with van der Waals surface area (Å²) in [6, 6.07) is 14.8. The first-order valence-corrected chi connectivity index (χ1v) is 10.8. The lowest BCUT2D eigenvalue weighted by Gasteiger charge is -2.18. The van der Waals surface area contributed by atoms with Gasteiger partial charge in [0, 0.05) is 9.86 Å². The Morgan fingerprint density at radius 3 is 2.48 bits per heavy atom. The summed E-state index contributed by atoms with van der Waals surface area (Å²) in [7, 11) is 0. The standard InChI is InChI=1S/C22H23BrN4O2/c23-18-11-5-3-9-16(18)21(28)25-24-20-17-10-4-6-12-19(17)27(22(20)29)15-26-13-7-1-2-8-14-26/h3-6,9-12,29H,1-2,7-8,13-15H2/p+1. The molecule has 0 bridgehead atoms. The summed E-state index contributed by atoms with van der Waals surface area (Å²) in [5, 5.41) is 19.8. The van der Waals surface area contributed by atoms with Crippen LogP contribution in [0, 0.1) is 0 Å². The number of rotatable bonds is 4. The molecule has 6 nitrogen and oxygen atoms in total. The second-order valence-electron chi connectivity index (χ2n) is 7.42. The van der Waals surface area contributed by atoms with E-state index in [4.69, 9.17) is 0 Å². The summed E-state index contributed by atoms with van der Waals surface area (Å²) >= 11 is 3.36. The third-order valence-electron chi connectivity index (χ3n) is 5.45. The minimum absolute atomic E-state index is 0.0617. The van der Waals surface area contributed by atoms with Crippen molar-refractivity contribution in [3.63, 3.8) is 0 Å². The zero-order valence-electron chi connectivity index (χ0n) is 16.1. The lowest BCUT2D eigenvalue weighted by molar-refractivity contribution is -0.921. The van der Waals surface area contributed by atoms with Crippen LogP contribution in [0.3, 0.4) is 0 Å². The van der Waals surface area contributed by atoms with Crippen LogP contribution in [0.2, 0.25) is 0 Å². The predicted octanol–water partition coefficient (Wildman–Crippen LogP) is 4.45. The van der Waals surface area contributed by atoms with Crippen LogP contribution in [0.1, 0.15) is 36.0 Å². The summed E-state index contributed by atoms with van der Waals surface area (Å²) in [4.78, 5) is 13.9. The van der Waals surface area contributed by atoms with Gasteiger partial charge in [-0.05, 0) is 59.8 Å². The number of amides is 1. The molecule has 0 saturated carbocycles. The van der Waals surface area contributed by atoms with Gasteiger partial charge in [-0.2, -0.15) is 0 Å². The van der Waals surface area contributed by atoms with Crippen LogP contribution < -0.4 is 4.90 Å². The maximum absolute atomic E-state index is 12.5. The van der Waals surface area contributed by atoms with E-state index in [1.54, 1.807) is 18.2 Å². The van der Waals surface area contributed by atoms with Gasteiger partial charge in [-0.15, -0.1) is 10.2 Å². The number of carbonyl (C=O) groups excluding carboxylic acids is 1. The molecule has 0 radical (unpaired) electrons. The van der Waals surface area contributed by atoms with Crippen molar-refractivity contribution in [2.24, 2.45) is 10.2 Å². The molecule has 1 saturated heterocycles. The van der Waals surface area contributed by atoms with Gasteiger partial charge in [0.1, 0.15) is 0 Å². The molecular weight excluding hydrogens is 432 g/mol. The van der Waals surface area contributed by atoms with E-state index in [-0.39, 0.29) is 5.88 Å². The Morgan fingerprint density at radius 2 is 1.72 bits per heavy atom. The molecule has 1 aliphatic heterocycles. The molecule has 2 N–H and O–H groups in total. The number of para-hydroxylation sites is 1. The maximum Gasteiger partial charge on any atom is 0.296 e. The molecule has 1 aromatic heterocycles. The number of carbonyl (C=O) groups is 1. The second-order valence-corrected chi connectivity index (χ2v) is 8.28. The minimum Gasteiger partial charge on any atom is -0.493 e. The van der Waals surface area contributed by atoms with Gasteiger partial charge >= 0.3 is 0 Å². The average molecular weight is 456 g/mol. The first-order valence-electron chi connectivity index (χ1n) is 9.99. The van der Waals surface area contributed by atoms with Crippen molar-refractivity contribution >= 4 is 38.4 Å². The van der Waals surface area contributed by atoms with E-state index in [9.17, 15) is 9.90 Å². The van der Waals surface area contributed by atoms with Gasteiger partial charge in [0.25, 0.3) is 5.91 Å². The number of aromatic hydroxyl groups is 1. The highest BCUT2D eigenvalue weighted by molar-refractivity contribution is 9.10. The van der Waals surface area contributed by atoms with Gasteiger partial charge in [0.15, 0.2) is 12.4 Å². The monoisotopic (exact) mass is 455 g/mol. The lowest BCUT2D eigenvalue weighted by atomic mass is 10.2. The Morgan fingerprint density at radius 1 is 1.03 bits per heavy atom. The second kappa shape index (κ2) is 8.88. The number of quaternary nitrogens is 1. The number of fused-ring (bicyclic) bond motifs is 1. The largest absolute Gasteiger partial charge is 0.493 e. The third kappa shape index (κ3) is 4.26. The van der Waals surface area contributed by atoms with Crippen molar-refractivity contribution in [2.45, 2.75) is 32.4 Å². The number of hydrogen-bond donors (Lipinski definition) is 2. The fourth-order valence-corrected chi connectivity index (χ4v) is 4.38. The Hall–Kier alpha value is -2.51. The fraction of sp³-hybridized carbons (Fsp3) is 0.318. The van der Waals surface area contributed by atoms with Crippen molar-refractivity contribution in [3.8, 4) is 5.88 Å². The van der Waals surface area contributed by atoms with Gasteiger partial charge in [0.05, 0.1) is 24.2 Å². The maximum atomic E-state index is 12.5. The number of hydrogen-bond acceptors (Lipinski definition) is 3. The highest BCUT2D eigenvalue weighted by Gasteiger charge is 2.21. The van der Waals surface area contributed by atoms with Crippen molar-refractivity contribution in [3.05, 3.63) is 58.6 Å². The SMILES string of the molecule is O=C(N=Nc1c(O)n(C[NH+]2CCCCCC2)c2ccccc12)c1ccccc1Br. The molecule has 0 aliphatic carbocycles. The molecule has 1 amide bonds. The Balaban J connectivity index is 1.67. The van der Waals surface area contributed by atoms with E-state index in [1.807, 2.05) is 34.9 Å². The molecule has 2 heterocycles. The molecule has 1 aliphatic rings. The third-order valence-corrected chi connectivity index (χ3v) is 6.15. The number of aromatic nitrogens is 1. The zero-order valence-corrected chi connectivity index (χ0v) is 17.7. The van der Waals surface area contributed by atoms with Crippen LogP contribution in [0.5, 0.6) is 5.88 Å². The summed E-state index contributed by atoms with van der Waals surface area (Å²) < 4.78 is 2.56. The number of nitrogens with one attached hydrogen (secondary N) is 1. The Kier molecular flexibility index (Phi) is 6.06. The van der Waals surface area contributed by atoms with Crippen LogP contribution in [0.4, 0.5) is 5.69 Å². The highest BCUT2D eigenvalue weighted by atomic mass is 79.9. The molecule has 1 fully saturated rings. The van der Waals surface area contributed by atoms with E-state index in [1.165, 1.54) is 30.6 Å². The topological polar surface area (TPSA) is 71.4 Å². The molecule has 4 rings (SSSR count). The van der Waals surface area contributed by atoms with Crippen molar-refractivity contribution in [1.82, 2.24) is 4.57 Å². The smallest absolute Gasteiger partial charge is 0.296 e. The summed E-state index contributed by atoms with van der Waals surface area (Å²) in [5.74, 6) is -0.390. The van der Waals surface area contributed by atoms with Gasteiger partial charge in [-0.25, -0.2) is 0 Å². The number of azo groups is 1. The fourth-order valence-electron chi connectivity index (χ4n) is 3.92. The first-order chi connectivity index (χ1) is 14.1. The van der Waals surface area contributed by atoms with Crippen LogP contribution >= 0.6 is 15.9 Å². The minimum atomic E-state index is -0.452. The Bertz CT molecular complexity index is 1050. The average Bonchev–Trinajstić information content (AvgIpc) is 2.89. The molecule has 3 aromatic rings. The van der Waals surface area contributed by atoms with Gasteiger partial charge < -0.3 is 10.0 Å². The van der Waals surface area contributed by atoms with Crippen LogP contribution in [0.25, 0.3) is 10.9 Å². The van der Waals surface area contributed by atoms with E-state index in [0.717, 1.165) is 24.0 Å². The number of nitrogens with zero attached hydrogens (tertiary/aromatic N) is 3. The molecule has 0 unspecified atom stereocenters. The van der Waals surface area contributed by atoms with Crippen molar-refractivity contribution in [2.75, 3.05) is 13.1 Å². The predicted molar refractivity (Wildman–Crippen MR) is 116 cm³/mol. The summed E-state index contributed by atoms with van der Waals surface area (Å²) in [5.41, 5.74) is 1.69. The highest BCUT2D eigenvalue weighted by Crippen LogP contribution is 2.38. The first kappa shape index (κ1) is 19.8.